The molecule has 3 N–H and O–H groups in total. The van der Waals surface area contributed by atoms with Gasteiger partial charge in [-0.1, -0.05) is 26.7 Å². The number of hydrogen-bond acceptors (Lipinski definition) is 2. The van der Waals surface area contributed by atoms with Crippen molar-refractivity contribution in [2.45, 2.75) is 58.8 Å². The van der Waals surface area contributed by atoms with Crippen LogP contribution < -0.4 is 11.1 Å². The van der Waals surface area contributed by atoms with E-state index in [-0.39, 0.29) is 11.3 Å². The average molecular weight is 266 g/mol. The SMILES string of the molecule is CC1CCC(CN)(C(=O)NCC2CCCC2C)CC1. The third-order valence-corrected chi connectivity index (χ3v) is 5.67. The molecule has 2 aliphatic carbocycles. The molecule has 2 unspecified atom stereocenters. The number of nitrogens with one attached hydrogen (secondary N) is 1. The molecule has 2 aliphatic rings. The molecule has 19 heavy (non-hydrogen) atoms. The van der Waals surface area contributed by atoms with E-state index >= 15 is 0 Å². The van der Waals surface area contributed by atoms with Crippen molar-refractivity contribution in [3.63, 3.8) is 0 Å². The number of hydrogen-bond donors (Lipinski definition) is 2. The van der Waals surface area contributed by atoms with E-state index in [1.54, 1.807) is 0 Å². The fourth-order valence-corrected chi connectivity index (χ4v) is 3.78. The number of amides is 1. The zero-order chi connectivity index (χ0) is 13.9. The summed E-state index contributed by atoms with van der Waals surface area (Å²) in [5.74, 6) is 2.42. The number of rotatable bonds is 4. The first-order valence-electron chi connectivity index (χ1n) is 8.06. The fraction of sp³-hybridized carbons (Fsp3) is 0.938. The summed E-state index contributed by atoms with van der Waals surface area (Å²) in [7, 11) is 0. The molecule has 0 aromatic heterocycles. The summed E-state index contributed by atoms with van der Waals surface area (Å²) in [6.07, 6.45) is 8.14. The largest absolute Gasteiger partial charge is 0.355 e. The van der Waals surface area contributed by atoms with Crippen molar-refractivity contribution >= 4 is 5.91 Å². The Bertz CT molecular complexity index is 308. The summed E-state index contributed by atoms with van der Waals surface area (Å²) < 4.78 is 0. The van der Waals surface area contributed by atoms with E-state index in [1.165, 1.54) is 19.3 Å². The highest BCUT2D eigenvalue weighted by Gasteiger charge is 2.40. The third kappa shape index (κ3) is 3.31. The Hall–Kier alpha value is -0.570. The quantitative estimate of drug-likeness (QED) is 0.822. The molecule has 1 amide bonds. The molecule has 110 valence electrons. The summed E-state index contributed by atoms with van der Waals surface area (Å²) in [5, 5.41) is 3.21. The molecule has 2 fully saturated rings. The summed E-state index contributed by atoms with van der Waals surface area (Å²) in [4.78, 5) is 12.5. The van der Waals surface area contributed by atoms with Crippen LogP contribution in [-0.2, 0) is 4.79 Å². The molecule has 0 saturated heterocycles. The van der Waals surface area contributed by atoms with Crippen molar-refractivity contribution in [1.29, 1.82) is 0 Å². The van der Waals surface area contributed by atoms with Crippen LogP contribution in [0.5, 0.6) is 0 Å². The maximum atomic E-state index is 12.5. The van der Waals surface area contributed by atoms with Gasteiger partial charge in [0.25, 0.3) is 0 Å². The highest BCUT2D eigenvalue weighted by Crippen LogP contribution is 2.38. The predicted octanol–water partition coefficient (Wildman–Crippen LogP) is 2.69. The zero-order valence-electron chi connectivity index (χ0n) is 12.6. The van der Waals surface area contributed by atoms with Gasteiger partial charge in [-0.05, 0) is 49.9 Å². The van der Waals surface area contributed by atoms with E-state index in [2.05, 4.69) is 19.2 Å². The molecule has 3 heteroatoms. The van der Waals surface area contributed by atoms with Gasteiger partial charge in [-0.2, -0.15) is 0 Å². The van der Waals surface area contributed by atoms with Gasteiger partial charge in [0.15, 0.2) is 0 Å². The van der Waals surface area contributed by atoms with E-state index < -0.39 is 0 Å². The molecule has 0 aliphatic heterocycles. The lowest BCUT2D eigenvalue weighted by Gasteiger charge is -2.37. The second-order valence-electron chi connectivity index (χ2n) is 7.05. The van der Waals surface area contributed by atoms with Crippen LogP contribution in [0.4, 0.5) is 0 Å². The van der Waals surface area contributed by atoms with E-state index in [4.69, 9.17) is 5.73 Å². The van der Waals surface area contributed by atoms with Crippen molar-refractivity contribution in [1.82, 2.24) is 5.32 Å². The monoisotopic (exact) mass is 266 g/mol. The molecule has 2 rings (SSSR count). The predicted molar refractivity (Wildman–Crippen MR) is 78.6 cm³/mol. The molecular weight excluding hydrogens is 236 g/mol. The van der Waals surface area contributed by atoms with Gasteiger partial charge in [0.1, 0.15) is 0 Å². The van der Waals surface area contributed by atoms with Gasteiger partial charge in [-0.25, -0.2) is 0 Å². The Balaban J connectivity index is 1.86. The van der Waals surface area contributed by atoms with Crippen LogP contribution >= 0.6 is 0 Å². The summed E-state index contributed by atoms with van der Waals surface area (Å²) in [5.41, 5.74) is 5.67. The second kappa shape index (κ2) is 6.25. The second-order valence-corrected chi connectivity index (χ2v) is 7.05. The maximum Gasteiger partial charge on any atom is 0.227 e. The Kier molecular flexibility index (Phi) is 4.88. The first-order chi connectivity index (χ1) is 9.07. The van der Waals surface area contributed by atoms with Crippen LogP contribution in [0, 0.1) is 23.2 Å². The third-order valence-electron chi connectivity index (χ3n) is 5.67. The van der Waals surface area contributed by atoms with Gasteiger partial charge >= 0.3 is 0 Å². The van der Waals surface area contributed by atoms with Gasteiger partial charge in [0, 0.05) is 13.1 Å². The number of carbonyl (C=O) groups is 1. The van der Waals surface area contributed by atoms with Crippen molar-refractivity contribution in [3.8, 4) is 0 Å². The molecule has 0 aromatic rings. The Morgan fingerprint density at radius 3 is 2.42 bits per heavy atom. The molecule has 0 aromatic carbocycles. The fourth-order valence-electron chi connectivity index (χ4n) is 3.78. The minimum absolute atomic E-state index is 0.223. The van der Waals surface area contributed by atoms with E-state index in [9.17, 15) is 4.79 Å². The van der Waals surface area contributed by atoms with Crippen molar-refractivity contribution in [2.24, 2.45) is 28.9 Å². The molecule has 0 spiro atoms. The van der Waals surface area contributed by atoms with E-state index in [0.29, 0.717) is 12.5 Å². The first kappa shape index (κ1) is 14.8. The highest BCUT2D eigenvalue weighted by atomic mass is 16.2. The molecule has 2 saturated carbocycles. The van der Waals surface area contributed by atoms with E-state index in [1.807, 2.05) is 0 Å². The minimum Gasteiger partial charge on any atom is -0.355 e. The molecule has 0 heterocycles. The summed E-state index contributed by atoms with van der Waals surface area (Å²) >= 11 is 0. The summed E-state index contributed by atoms with van der Waals surface area (Å²) in [6, 6.07) is 0. The first-order valence-corrected chi connectivity index (χ1v) is 8.06. The van der Waals surface area contributed by atoms with Gasteiger partial charge in [0.05, 0.1) is 5.41 Å². The number of nitrogens with two attached hydrogens (primary N) is 1. The molecule has 3 nitrogen and oxygen atoms in total. The zero-order valence-corrected chi connectivity index (χ0v) is 12.6. The minimum atomic E-state index is -0.269. The van der Waals surface area contributed by atoms with Crippen molar-refractivity contribution < 1.29 is 4.79 Å². The van der Waals surface area contributed by atoms with Gasteiger partial charge < -0.3 is 11.1 Å². The van der Waals surface area contributed by atoms with Crippen LogP contribution in [0.25, 0.3) is 0 Å². The topological polar surface area (TPSA) is 55.1 Å². The van der Waals surface area contributed by atoms with E-state index in [0.717, 1.165) is 44.1 Å². The van der Waals surface area contributed by atoms with Gasteiger partial charge in [0.2, 0.25) is 5.91 Å². The lowest BCUT2D eigenvalue weighted by atomic mass is 9.70. The lowest BCUT2D eigenvalue weighted by Crippen LogP contribution is -2.49. The Morgan fingerprint density at radius 1 is 1.21 bits per heavy atom. The molecule has 2 atom stereocenters. The lowest BCUT2D eigenvalue weighted by molar-refractivity contribution is -0.133. The Labute approximate surface area is 117 Å². The van der Waals surface area contributed by atoms with Gasteiger partial charge in [-0.3, -0.25) is 4.79 Å². The van der Waals surface area contributed by atoms with Crippen LogP contribution in [0.2, 0.25) is 0 Å². The average Bonchev–Trinajstić information content (AvgIpc) is 2.83. The van der Waals surface area contributed by atoms with Crippen molar-refractivity contribution in [3.05, 3.63) is 0 Å². The normalized spacial score (nSPS) is 39.2. The highest BCUT2D eigenvalue weighted by molar-refractivity contribution is 5.83. The van der Waals surface area contributed by atoms with Crippen LogP contribution in [-0.4, -0.2) is 19.0 Å². The smallest absolute Gasteiger partial charge is 0.227 e. The van der Waals surface area contributed by atoms with Crippen LogP contribution in [0.1, 0.15) is 58.8 Å². The van der Waals surface area contributed by atoms with Crippen LogP contribution in [0.3, 0.4) is 0 Å². The maximum absolute atomic E-state index is 12.5. The van der Waals surface area contributed by atoms with Gasteiger partial charge in [-0.15, -0.1) is 0 Å². The summed E-state index contributed by atoms with van der Waals surface area (Å²) in [6.45, 7) is 5.95. The number of carbonyl (C=O) groups excluding carboxylic acids is 1. The standard InChI is InChI=1S/C16H30N2O/c1-12-6-8-16(11-17,9-7-12)15(19)18-10-14-5-3-4-13(14)2/h12-14H,3-11,17H2,1-2H3,(H,18,19). The Morgan fingerprint density at radius 2 is 1.89 bits per heavy atom. The van der Waals surface area contributed by atoms with Crippen LogP contribution in [0.15, 0.2) is 0 Å². The van der Waals surface area contributed by atoms with Crippen molar-refractivity contribution in [2.75, 3.05) is 13.1 Å². The molecule has 0 radical (unpaired) electrons. The molecule has 0 bridgehead atoms. The molecular formula is C16H30N2O.